The van der Waals surface area contributed by atoms with E-state index in [9.17, 15) is 9.90 Å². The predicted molar refractivity (Wildman–Crippen MR) is 295 cm³/mol. The van der Waals surface area contributed by atoms with Crippen molar-refractivity contribution >= 4 is 38.0 Å². The maximum Gasteiger partial charge on any atom is 0.162 e. The van der Waals surface area contributed by atoms with Gasteiger partial charge in [0.2, 0.25) is 0 Å². The molecule has 2 aliphatic carbocycles. The molecule has 3 nitrogen and oxygen atoms in total. The van der Waals surface area contributed by atoms with Crippen molar-refractivity contribution in [3.05, 3.63) is 123 Å². The van der Waals surface area contributed by atoms with Gasteiger partial charge in [0.25, 0.3) is 0 Å². The monoisotopic (exact) mass is 1120 g/mol. The van der Waals surface area contributed by atoms with Gasteiger partial charge >= 0.3 is 0 Å². The van der Waals surface area contributed by atoms with Crippen LogP contribution in [0.1, 0.15) is 187 Å². The summed E-state index contributed by atoms with van der Waals surface area (Å²) in [7, 11) is 0. The average Bonchev–Trinajstić information content (AvgIpc) is 3.74. The van der Waals surface area contributed by atoms with Gasteiger partial charge in [0, 0.05) is 59.5 Å². The van der Waals surface area contributed by atoms with Crippen LogP contribution in [0, 0.1) is 44.1 Å². The molecule has 1 radical (unpaired) electrons. The van der Waals surface area contributed by atoms with Gasteiger partial charge < -0.3 is 5.11 Å². The minimum Gasteiger partial charge on any atom is -0.512 e. The molecule has 2 aromatic heterocycles. The minimum absolute atomic E-state index is 0. The van der Waals surface area contributed by atoms with E-state index in [1.807, 2.05) is 45.2 Å². The van der Waals surface area contributed by atoms with E-state index in [2.05, 4.69) is 158 Å². The summed E-state index contributed by atoms with van der Waals surface area (Å²) in [4.78, 5) is 18.3. The number of thiophene rings is 1. The summed E-state index contributed by atoms with van der Waals surface area (Å²) in [5, 5.41) is 13.5. The molecule has 0 atom stereocenters. The number of carbonyl (C=O) groups excluding carboxylic acids is 1. The van der Waals surface area contributed by atoms with Crippen LogP contribution in [0.3, 0.4) is 0 Å². The number of aliphatic hydroxyl groups is 1. The molecule has 0 bridgehead atoms. The van der Waals surface area contributed by atoms with E-state index in [0.717, 1.165) is 61.6 Å². The van der Waals surface area contributed by atoms with E-state index in [-0.39, 0.29) is 70.6 Å². The summed E-state index contributed by atoms with van der Waals surface area (Å²) in [6, 6.07) is 25.0. The zero-order valence-corrected chi connectivity index (χ0v) is 48.7. The number of carbonyl (C=O) groups is 1. The number of ketones is 1. The first kappa shape index (κ1) is 54.4. The molecule has 0 aliphatic heterocycles. The molecule has 0 fully saturated rings. The third-order valence-corrected chi connectivity index (χ3v) is 17.0. The predicted octanol–water partition coefficient (Wildman–Crippen LogP) is 18.5. The Hall–Kier alpha value is -3.89. The van der Waals surface area contributed by atoms with Crippen molar-refractivity contribution in [2.45, 2.75) is 191 Å². The molecule has 6 aromatic rings. The maximum atomic E-state index is 11.7. The smallest absolute Gasteiger partial charge is 0.162 e. The second kappa shape index (κ2) is 20.0. The van der Waals surface area contributed by atoms with Crippen LogP contribution in [0.5, 0.6) is 0 Å². The second-order valence-electron chi connectivity index (χ2n) is 24.6. The Labute approximate surface area is 434 Å². The van der Waals surface area contributed by atoms with Crippen molar-refractivity contribution in [2.75, 3.05) is 0 Å². The molecule has 0 unspecified atom stereocenters. The second-order valence-corrected chi connectivity index (χ2v) is 25.6. The fourth-order valence-corrected chi connectivity index (χ4v) is 14.5. The molecule has 2 heterocycles. The van der Waals surface area contributed by atoms with Gasteiger partial charge in [-0.2, -0.15) is 0 Å². The number of aryl methyl sites for hydroxylation is 3. The minimum atomic E-state index is 0. The standard InChI is InChI=1S/C51H58NS.C13H24O2.Ir/c1-29-21-32(26-47(4,5)6)22-30(2)40(29)45-31(3)35-19-20-52-44(46(35)53-45)34-23-33-17-15-16-18-36(33)37(24-34)41-42-38(48(7,8)27-50(42,11)12)25-39-43(41)51(13,14)28-49(39,9)10;1-5-10(6-2)12(14)9-13(15)11(7-3)8-4;/h15-22,24-25H,26-28H2,1-14H3;9-11,14H,5-8H2,1-4H3;/q-1;;/b;12-9-;. The maximum absolute atomic E-state index is 11.7. The number of nitrogens with zero attached hydrogens (tertiary/aromatic N) is 1. The van der Waals surface area contributed by atoms with Crippen molar-refractivity contribution in [1.82, 2.24) is 4.98 Å². The summed E-state index contributed by atoms with van der Waals surface area (Å²) < 4.78 is 1.25. The third kappa shape index (κ3) is 10.4. The van der Waals surface area contributed by atoms with Gasteiger partial charge in [0.15, 0.2) is 5.78 Å². The Kier molecular flexibility index (Phi) is 15.7. The molecule has 0 spiro atoms. The molecule has 371 valence electrons. The molecule has 2 aliphatic rings. The number of benzene rings is 4. The fourth-order valence-electron chi connectivity index (χ4n) is 13.1. The number of hydrogen-bond donors (Lipinski definition) is 1. The molecule has 0 saturated heterocycles. The van der Waals surface area contributed by atoms with Gasteiger partial charge in [0.1, 0.15) is 0 Å². The molecule has 0 amide bonds. The quantitative estimate of drug-likeness (QED) is 0.0799. The van der Waals surface area contributed by atoms with Crippen LogP contribution >= 0.6 is 11.3 Å². The summed E-state index contributed by atoms with van der Waals surface area (Å²) in [6.07, 6.45) is 10.3. The molecular weight excluding hydrogens is 1040 g/mol. The van der Waals surface area contributed by atoms with E-state index >= 15 is 0 Å². The van der Waals surface area contributed by atoms with Crippen LogP contribution in [0.4, 0.5) is 0 Å². The zero-order valence-electron chi connectivity index (χ0n) is 45.5. The molecule has 5 heteroatoms. The number of fused-ring (bicyclic) bond motifs is 4. The molecular formula is C64H82IrNO2S-. The van der Waals surface area contributed by atoms with E-state index in [0.29, 0.717) is 0 Å². The van der Waals surface area contributed by atoms with Gasteiger partial charge in [-0.05, 0) is 160 Å². The van der Waals surface area contributed by atoms with Gasteiger partial charge in [-0.1, -0.05) is 157 Å². The molecule has 1 N–H and O–H groups in total. The van der Waals surface area contributed by atoms with E-state index < -0.39 is 0 Å². The van der Waals surface area contributed by atoms with Gasteiger partial charge in [-0.15, -0.1) is 34.9 Å². The van der Waals surface area contributed by atoms with Crippen molar-refractivity contribution < 1.29 is 30.0 Å². The Morgan fingerprint density at radius 2 is 1.28 bits per heavy atom. The molecule has 4 aromatic carbocycles. The summed E-state index contributed by atoms with van der Waals surface area (Å²) >= 11 is 1.91. The van der Waals surface area contributed by atoms with Crippen LogP contribution in [0.15, 0.2) is 72.6 Å². The first-order chi connectivity index (χ1) is 31.7. The zero-order chi connectivity index (χ0) is 50.1. The normalized spacial score (nSPS) is 16.7. The number of hydrogen-bond acceptors (Lipinski definition) is 4. The van der Waals surface area contributed by atoms with Crippen LogP contribution in [0.25, 0.3) is 53.7 Å². The molecule has 0 saturated carbocycles. The average molecular weight is 1120 g/mol. The van der Waals surface area contributed by atoms with Crippen molar-refractivity contribution in [3.63, 3.8) is 0 Å². The Morgan fingerprint density at radius 1 is 0.739 bits per heavy atom. The summed E-state index contributed by atoms with van der Waals surface area (Å²) in [6.45, 7) is 41.8. The van der Waals surface area contributed by atoms with Crippen LogP contribution < -0.4 is 0 Å². The van der Waals surface area contributed by atoms with E-state index in [4.69, 9.17) is 4.98 Å². The van der Waals surface area contributed by atoms with E-state index in [1.54, 1.807) is 22.3 Å². The summed E-state index contributed by atoms with van der Waals surface area (Å²) in [5.74, 6) is 0.547. The molecule has 8 rings (SSSR count). The van der Waals surface area contributed by atoms with Crippen LogP contribution in [-0.4, -0.2) is 15.9 Å². The van der Waals surface area contributed by atoms with Crippen molar-refractivity contribution in [2.24, 2.45) is 17.3 Å². The van der Waals surface area contributed by atoms with Gasteiger partial charge in [0.05, 0.1) is 5.76 Å². The Bertz CT molecular complexity index is 2850. The van der Waals surface area contributed by atoms with Crippen molar-refractivity contribution in [3.8, 4) is 32.8 Å². The third-order valence-electron chi connectivity index (χ3n) is 15.7. The van der Waals surface area contributed by atoms with Gasteiger partial charge in [-0.25, -0.2) is 0 Å². The van der Waals surface area contributed by atoms with Crippen LogP contribution in [-0.2, 0) is 53.0 Å². The first-order valence-electron chi connectivity index (χ1n) is 25.8. The Morgan fingerprint density at radius 3 is 1.80 bits per heavy atom. The number of aromatic nitrogens is 1. The number of rotatable bonds is 11. The SMILES string of the molecule is CCC(CC)C(=O)/C=C(\O)C(CC)CC.Cc1cc(CC(C)(C)C)cc(C)c1-c1sc2c(-c3[c-]c4ccccc4c(-c4c5c(cc6c4C(C)(C)CC6(C)C)C(C)(C)CC5(C)C)c3)nccc2c1C.[Ir]. The van der Waals surface area contributed by atoms with E-state index in [1.165, 1.54) is 65.4 Å². The topological polar surface area (TPSA) is 50.2 Å². The largest absolute Gasteiger partial charge is 0.512 e. The Balaban J connectivity index is 0.000000424. The first-order valence-corrected chi connectivity index (χ1v) is 26.6. The summed E-state index contributed by atoms with van der Waals surface area (Å²) in [5.41, 5.74) is 18.5. The number of allylic oxidation sites excluding steroid dienone is 2. The number of aliphatic hydroxyl groups excluding tert-OH is 1. The number of pyridine rings is 1. The van der Waals surface area contributed by atoms with Gasteiger partial charge in [-0.3, -0.25) is 9.78 Å². The fraction of sp³-hybridized carbons (Fsp3) is 0.500. The molecule has 69 heavy (non-hydrogen) atoms. The van der Waals surface area contributed by atoms with Crippen LogP contribution in [0.2, 0.25) is 0 Å². The van der Waals surface area contributed by atoms with Crippen molar-refractivity contribution in [1.29, 1.82) is 0 Å².